The van der Waals surface area contributed by atoms with E-state index in [-0.39, 0.29) is 11.7 Å². The van der Waals surface area contributed by atoms with Crippen LogP contribution < -0.4 is 5.32 Å². The minimum absolute atomic E-state index is 0.144. The molecule has 0 fully saturated rings. The number of nitriles is 1. The van der Waals surface area contributed by atoms with E-state index in [0.717, 1.165) is 11.8 Å². The summed E-state index contributed by atoms with van der Waals surface area (Å²) in [6.07, 6.45) is 0.662. The molecule has 1 aromatic carbocycles. The van der Waals surface area contributed by atoms with Crippen LogP contribution in [0, 0.1) is 11.3 Å². The molecule has 0 aliphatic rings. The summed E-state index contributed by atoms with van der Waals surface area (Å²) in [5.74, 6) is 0.460. The molecule has 1 heterocycles. The van der Waals surface area contributed by atoms with Crippen molar-refractivity contribution in [1.82, 2.24) is 10.2 Å². The average molecular weight is 288 g/mol. The van der Waals surface area contributed by atoms with Gasteiger partial charge in [-0.25, -0.2) is 0 Å². The third-order valence-corrected chi connectivity index (χ3v) is 3.22. The molecule has 0 radical (unpaired) electrons. The average Bonchev–Trinajstić information content (AvgIpc) is 2.94. The van der Waals surface area contributed by atoms with Crippen LogP contribution in [0.1, 0.15) is 18.4 Å². The van der Waals surface area contributed by atoms with Crippen LogP contribution in [0.2, 0.25) is 0 Å². The van der Waals surface area contributed by atoms with E-state index in [0.29, 0.717) is 28.8 Å². The standard InChI is InChI=1S/C13H12N4O2S/c1-2-12-16-17-13(19-12)20-8-11(18)15-10-6-4-3-5-9(10)7-14/h3-6H,2,8H2,1H3,(H,15,18). The van der Waals surface area contributed by atoms with E-state index in [4.69, 9.17) is 9.68 Å². The van der Waals surface area contributed by atoms with Gasteiger partial charge in [-0.3, -0.25) is 4.79 Å². The lowest BCUT2D eigenvalue weighted by molar-refractivity contribution is -0.113. The molecule has 0 saturated carbocycles. The zero-order chi connectivity index (χ0) is 14.4. The molecule has 0 bridgehead atoms. The van der Waals surface area contributed by atoms with Crippen LogP contribution in [-0.2, 0) is 11.2 Å². The molecule has 1 amide bonds. The lowest BCUT2D eigenvalue weighted by Crippen LogP contribution is -2.14. The second-order valence-corrected chi connectivity index (χ2v) is 4.74. The number of thioether (sulfide) groups is 1. The molecule has 0 spiro atoms. The fraction of sp³-hybridized carbons (Fsp3) is 0.231. The predicted octanol–water partition coefficient (Wildman–Crippen LogP) is 2.23. The van der Waals surface area contributed by atoms with Crippen LogP contribution in [0.4, 0.5) is 5.69 Å². The molecule has 0 aliphatic carbocycles. The second-order valence-electron chi connectivity index (χ2n) is 3.81. The summed E-state index contributed by atoms with van der Waals surface area (Å²) in [7, 11) is 0. The third-order valence-electron chi connectivity index (χ3n) is 2.40. The fourth-order valence-corrected chi connectivity index (χ4v) is 2.02. The van der Waals surface area contributed by atoms with Crippen LogP contribution in [0.5, 0.6) is 0 Å². The molecule has 1 N–H and O–H groups in total. The fourth-order valence-electron chi connectivity index (χ4n) is 1.44. The molecular formula is C13H12N4O2S. The van der Waals surface area contributed by atoms with Gasteiger partial charge in [0.05, 0.1) is 17.0 Å². The van der Waals surface area contributed by atoms with Gasteiger partial charge in [0, 0.05) is 6.42 Å². The van der Waals surface area contributed by atoms with Crippen molar-refractivity contribution in [3.8, 4) is 6.07 Å². The Labute approximate surface area is 120 Å². The number of amides is 1. The first-order valence-corrected chi connectivity index (χ1v) is 6.95. The summed E-state index contributed by atoms with van der Waals surface area (Å²) < 4.78 is 5.29. The first kappa shape index (κ1) is 14.1. The van der Waals surface area contributed by atoms with Gasteiger partial charge in [0.2, 0.25) is 11.8 Å². The highest BCUT2D eigenvalue weighted by molar-refractivity contribution is 7.99. The maximum absolute atomic E-state index is 11.8. The normalized spacial score (nSPS) is 10.0. The maximum atomic E-state index is 11.8. The first-order valence-electron chi connectivity index (χ1n) is 5.97. The molecule has 0 atom stereocenters. The molecule has 2 rings (SSSR count). The van der Waals surface area contributed by atoms with E-state index in [1.165, 1.54) is 0 Å². The van der Waals surface area contributed by atoms with Gasteiger partial charge in [0.1, 0.15) is 6.07 Å². The third kappa shape index (κ3) is 3.59. The number of hydrogen-bond donors (Lipinski definition) is 1. The maximum Gasteiger partial charge on any atom is 0.277 e. The monoisotopic (exact) mass is 288 g/mol. The zero-order valence-corrected chi connectivity index (χ0v) is 11.6. The molecule has 20 heavy (non-hydrogen) atoms. The number of aryl methyl sites for hydroxylation is 1. The largest absolute Gasteiger partial charge is 0.416 e. The van der Waals surface area contributed by atoms with Gasteiger partial charge >= 0.3 is 0 Å². The molecule has 0 unspecified atom stereocenters. The van der Waals surface area contributed by atoms with E-state index < -0.39 is 0 Å². The Morgan fingerprint density at radius 3 is 2.95 bits per heavy atom. The number of aromatic nitrogens is 2. The molecule has 0 aliphatic heterocycles. The van der Waals surface area contributed by atoms with Crippen molar-refractivity contribution in [3.05, 3.63) is 35.7 Å². The highest BCUT2D eigenvalue weighted by Gasteiger charge is 2.10. The van der Waals surface area contributed by atoms with Gasteiger partial charge in [-0.1, -0.05) is 30.8 Å². The van der Waals surface area contributed by atoms with E-state index in [1.54, 1.807) is 24.3 Å². The Morgan fingerprint density at radius 2 is 2.25 bits per heavy atom. The number of nitrogens with zero attached hydrogens (tertiary/aromatic N) is 3. The van der Waals surface area contributed by atoms with E-state index >= 15 is 0 Å². The molecular weight excluding hydrogens is 276 g/mol. The summed E-state index contributed by atoms with van der Waals surface area (Å²) >= 11 is 1.16. The molecule has 7 heteroatoms. The highest BCUT2D eigenvalue weighted by Crippen LogP contribution is 2.18. The lowest BCUT2D eigenvalue weighted by Gasteiger charge is -2.05. The number of rotatable bonds is 5. The minimum atomic E-state index is -0.228. The van der Waals surface area contributed by atoms with E-state index in [1.807, 2.05) is 13.0 Å². The number of benzene rings is 1. The van der Waals surface area contributed by atoms with Crippen LogP contribution in [0.3, 0.4) is 0 Å². The summed E-state index contributed by atoms with van der Waals surface area (Å²) in [5.41, 5.74) is 0.928. The van der Waals surface area contributed by atoms with Crippen molar-refractivity contribution in [3.63, 3.8) is 0 Å². The highest BCUT2D eigenvalue weighted by atomic mass is 32.2. The Hall–Kier alpha value is -2.33. The Balaban J connectivity index is 1.91. The SMILES string of the molecule is CCc1nnc(SCC(=O)Nc2ccccc2C#N)o1. The number of carbonyl (C=O) groups excluding carboxylic acids is 1. The van der Waals surface area contributed by atoms with Crippen LogP contribution in [0.15, 0.2) is 33.9 Å². The Bertz CT molecular complexity index is 648. The summed E-state index contributed by atoms with van der Waals surface area (Å²) in [6, 6.07) is 8.86. The topological polar surface area (TPSA) is 91.8 Å². The van der Waals surface area contributed by atoms with Crippen molar-refractivity contribution < 1.29 is 9.21 Å². The number of hydrogen-bond acceptors (Lipinski definition) is 6. The minimum Gasteiger partial charge on any atom is -0.416 e. The summed E-state index contributed by atoms with van der Waals surface area (Å²) in [5, 5.41) is 19.6. The number of nitrogens with one attached hydrogen (secondary N) is 1. The first-order chi connectivity index (χ1) is 9.72. The van der Waals surface area contributed by atoms with E-state index in [9.17, 15) is 4.79 Å². The van der Waals surface area contributed by atoms with Gasteiger partial charge in [0.15, 0.2) is 0 Å². The molecule has 2 aromatic rings. The lowest BCUT2D eigenvalue weighted by atomic mass is 10.2. The number of anilines is 1. The quantitative estimate of drug-likeness (QED) is 0.848. The summed E-state index contributed by atoms with van der Waals surface area (Å²) in [4.78, 5) is 11.8. The Kier molecular flexibility index (Phi) is 4.74. The van der Waals surface area contributed by atoms with Gasteiger partial charge in [0.25, 0.3) is 5.22 Å². The smallest absolute Gasteiger partial charge is 0.277 e. The van der Waals surface area contributed by atoms with Gasteiger partial charge in [-0.05, 0) is 12.1 Å². The van der Waals surface area contributed by atoms with E-state index in [2.05, 4.69) is 15.5 Å². The number of para-hydroxylation sites is 1. The van der Waals surface area contributed by atoms with Crippen LogP contribution in [0.25, 0.3) is 0 Å². The van der Waals surface area contributed by atoms with Gasteiger partial charge in [-0.2, -0.15) is 5.26 Å². The van der Waals surface area contributed by atoms with Crippen molar-refractivity contribution in [2.24, 2.45) is 0 Å². The number of carbonyl (C=O) groups is 1. The Morgan fingerprint density at radius 1 is 1.45 bits per heavy atom. The van der Waals surface area contributed by atoms with Gasteiger partial charge < -0.3 is 9.73 Å². The van der Waals surface area contributed by atoms with Crippen molar-refractivity contribution in [1.29, 1.82) is 5.26 Å². The molecule has 6 nitrogen and oxygen atoms in total. The summed E-state index contributed by atoms with van der Waals surface area (Å²) in [6.45, 7) is 1.91. The van der Waals surface area contributed by atoms with Crippen molar-refractivity contribution in [2.45, 2.75) is 18.6 Å². The second kappa shape index (κ2) is 6.73. The van der Waals surface area contributed by atoms with Crippen LogP contribution in [-0.4, -0.2) is 21.9 Å². The van der Waals surface area contributed by atoms with Crippen molar-refractivity contribution >= 4 is 23.4 Å². The predicted molar refractivity (Wildman–Crippen MR) is 74.2 cm³/mol. The molecule has 1 aromatic heterocycles. The zero-order valence-electron chi connectivity index (χ0n) is 10.8. The van der Waals surface area contributed by atoms with Crippen LogP contribution >= 0.6 is 11.8 Å². The molecule has 0 saturated heterocycles. The van der Waals surface area contributed by atoms with Crippen molar-refractivity contribution in [2.75, 3.05) is 11.1 Å². The molecule has 102 valence electrons. The van der Waals surface area contributed by atoms with Gasteiger partial charge in [-0.15, -0.1) is 10.2 Å².